The highest BCUT2D eigenvalue weighted by atomic mass is 32.2. The average Bonchev–Trinajstić information content (AvgIpc) is 2.46. The Hall–Kier alpha value is -1.71. The maximum absolute atomic E-state index is 12.2. The fraction of sp³-hybridized carbons (Fsp3) is 0.500. The second-order valence-electron chi connectivity index (χ2n) is 4.07. The normalized spacial score (nSPS) is 11.1. The molecule has 0 aliphatic heterocycles. The van der Waals surface area contributed by atoms with E-state index in [1.54, 1.807) is 6.07 Å². The first-order valence-corrected chi connectivity index (χ1v) is 7.92. The summed E-state index contributed by atoms with van der Waals surface area (Å²) in [6, 6.07) is 1.57. The molecule has 0 spiro atoms. The molecule has 118 valence electrons. The minimum atomic E-state index is -3.81. The maximum Gasteiger partial charge on any atom is 0.244 e. The second-order valence-corrected chi connectivity index (χ2v) is 5.80. The number of sulfonamides is 1. The van der Waals surface area contributed by atoms with E-state index in [-0.39, 0.29) is 11.4 Å². The summed E-state index contributed by atoms with van der Waals surface area (Å²) in [5.74, 6) is -0.426. The quantitative estimate of drug-likeness (QED) is 0.533. The van der Waals surface area contributed by atoms with Crippen molar-refractivity contribution in [1.82, 2.24) is 15.0 Å². The molecule has 0 radical (unpaired) electrons. The van der Waals surface area contributed by atoms with Gasteiger partial charge in [0.1, 0.15) is 4.90 Å². The third-order valence-corrected chi connectivity index (χ3v) is 3.92. The van der Waals surface area contributed by atoms with E-state index < -0.39 is 15.9 Å². The van der Waals surface area contributed by atoms with E-state index in [4.69, 9.17) is 4.74 Å². The number of hydrogen-bond donors (Lipinski definition) is 3. The van der Waals surface area contributed by atoms with Crippen molar-refractivity contribution < 1.29 is 17.9 Å². The molecule has 0 saturated heterocycles. The van der Waals surface area contributed by atoms with Crippen LogP contribution < -0.4 is 15.4 Å². The molecule has 0 aliphatic carbocycles. The summed E-state index contributed by atoms with van der Waals surface area (Å²) in [7, 11) is -2.29. The van der Waals surface area contributed by atoms with E-state index in [9.17, 15) is 13.2 Å². The van der Waals surface area contributed by atoms with Crippen LogP contribution in [0.15, 0.2) is 23.4 Å². The van der Waals surface area contributed by atoms with Gasteiger partial charge in [-0.1, -0.05) is 0 Å². The number of pyridine rings is 1. The van der Waals surface area contributed by atoms with E-state index in [0.29, 0.717) is 25.4 Å². The van der Waals surface area contributed by atoms with Gasteiger partial charge in [0.05, 0.1) is 18.8 Å². The van der Waals surface area contributed by atoms with Crippen LogP contribution in [0.3, 0.4) is 0 Å². The molecule has 8 nitrogen and oxygen atoms in total. The molecule has 1 amide bonds. The Kier molecular flexibility index (Phi) is 7.06. The number of nitrogens with one attached hydrogen (secondary N) is 3. The van der Waals surface area contributed by atoms with Crippen molar-refractivity contribution in [1.29, 1.82) is 0 Å². The highest BCUT2D eigenvalue weighted by molar-refractivity contribution is 7.89. The molecule has 21 heavy (non-hydrogen) atoms. The van der Waals surface area contributed by atoms with Gasteiger partial charge in [-0.05, 0) is 13.0 Å². The van der Waals surface area contributed by atoms with E-state index in [1.165, 1.54) is 19.5 Å². The average molecular weight is 316 g/mol. The summed E-state index contributed by atoms with van der Waals surface area (Å²) in [6.07, 6.45) is 2.73. The minimum Gasteiger partial charge on any atom is -0.384 e. The zero-order valence-corrected chi connectivity index (χ0v) is 12.9. The van der Waals surface area contributed by atoms with Gasteiger partial charge in [-0.3, -0.25) is 9.78 Å². The highest BCUT2D eigenvalue weighted by Crippen LogP contribution is 2.18. The third kappa shape index (κ3) is 5.66. The van der Waals surface area contributed by atoms with Gasteiger partial charge >= 0.3 is 0 Å². The Morgan fingerprint density at radius 3 is 2.86 bits per heavy atom. The lowest BCUT2D eigenvalue weighted by atomic mass is 10.4. The van der Waals surface area contributed by atoms with Crippen LogP contribution in [0.1, 0.15) is 6.92 Å². The molecule has 0 saturated carbocycles. The lowest BCUT2D eigenvalue weighted by molar-refractivity contribution is -0.120. The van der Waals surface area contributed by atoms with Gasteiger partial charge < -0.3 is 15.4 Å². The molecular formula is C12H20N4O4S. The number of rotatable bonds is 9. The zero-order chi connectivity index (χ0) is 15.7. The van der Waals surface area contributed by atoms with Crippen LogP contribution in [0.5, 0.6) is 0 Å². The molecular weight excluding hydrogens is 296 g/mol. The predicted molar refractivity (Wildman–Crippen MR) is 78.5 cm³/mol. The number of carbonyl (C=O) groups excluding carboxylic acids is 1. The smallest absolute Gasteiger partial charge is 0.244 e. The van der Waals surface area contributed by atoms with Crippen molar-refractivity contribution in [3.63, 3.8) is 0 Å². The lowest BCUT2D eigenvalue weighted by Gasteiger charge is -2.11. The van der Waals surface area contributed by atoms with Crippen molar-refractivity contribution in [2.45, 2.75) is 11.8 Å². The van der Waals surface area contributed by atoms with Gasteiger partial charge in [-0.15, -0.1) is 0 Å². The van der Waals surface area contributed by atoms with E-state index in [1.807, 2.05) is 6.92 Å². The summed E-state index contributed by atoms with van der Waals surface area (Å²) in [6.45, 7) is 2.78. The highest BCUT2D eigenvalue weighted by Gasteiger charge is 2.19. The van der Waals surface area contributed by atoms with Gasteiger partial charge in [0.15, 0.2) is 0 Å². The van der Waals surface area contributed by atoms with Gasteiger partial charge in [-0.2, -0.15) is 0 Å². The Morgan fingerprint density at radius 2 is 2.19 bits per heavy atom. The number of ether oxygens (including phenoxy) is 1. The van der Waals surface area contributed by atoms with Gasteiger partial charge in [0, 0.05) is 32.6 Å². The van der Waals surface area contributed by atoms with Crippen LogP contribution >= 0.6 is 0 Å². The SMILES string of the molecule is CCNc1ccncc1S(=O)(=O)NCC(=O)NCCOC. The van der Waals surface area contributed by atoms with Crippen molar-refractivity contribution in [3.05, 3.63) is 18.5 Å². The molecule has 0 unspecified atom stereocenters. The van der Waals surface area contributed by atoms with Gasteiger partial charge in [0.2, 0.25) is 15.9 Å². The molecule has 1 aromatic heterocycles. The van der Waals surface area contributed by atoms with Crippen molar-refractivity contribution in [2.24, 2.45) is 0 Å². The largest absolute Gasteiger partial charge is 0.384 e. The summed E-state index contributed by atoms with van der Waals surface area (Å²) in [5, 5.41) is 5.46. The predicted octanol–water partition coefficient (Wildman–Crippen LogP) is -0.446. The van der Waals surface area contributed by atoms with Crippen LogP contribution in [0.25, 0.3) is 0 Å². The Bertz CT molecular complexity index is 562. The zero-order valence-electron chi connectivity index (χ0n) is 12.0. The van der Waals surface area contributed by atoms with Crippen LogP contribution in [-0.2, 0) is 19.6 Å². The molecule has 1 rings (SSSR count). The van der Waals surface area contributed by atoms with E-state index in [0.717, 1.165) is 0 Å². The van der Waals surface area contributed by atoms with Gasteiger partial charge in [-0.25, -0.2) is 13.1 Å². The lowest BCUT2D eigenvalue weighted by Crippen LogP contribution is -2.38. The first-order chi connectivity index (χ1) is 10.0. The summed E-state index contributed by atoms with van der Waals surface area (Å²) in [5.41, 5.74) is 0.444. The number of nitrogens with zero attached hydrogens (tertiary/aromatic N) is 1. The Balaban J connectivity index is 2.67. The number of hydrogen-bond acceptors (Lipinski definition) is 6. The van der Waals surface area contributed by atoms with Crippen LogP contribution in [-0.4, -0.2) is 52.7 Å². The number of amides is 1. The summed E-state index contributed by atoms with van der Waals surface area (Å²) < 4.78 is 31.4. The maximum atomic E-state index is 12.2. The number of aromatic nitrogens is 1. The first kappa shape index (κ1) is 17.3. The molecule has 0 atom stereocenters. The van der Waals surface area contributed by atoms with Crippen molar-refractivity contribution >= 4 is 21.6 Å². The summed E-state index contributed by atoms with van der Waals surface area (Å²) >= 11 is 0. The topological polar surface area (TPSA) is 109 Å². The fourth-order valence-corrected chi connectivity index (χ4v) is 2.63. The number of anilines is 1. The Labute approximate surface area is 124 Å². The fourth-order valence-electron chi connectivity index (χ4n) is 1.52. The minimum absolute atomic E-state index is 0.0107. The Morgan fingerprint density at radius 1 is 1.43 bits per heavy atom. The van der Waals surface area contributed by atoms with Gasteiger partial charge in [0.25, 0.3) is 0 Å². The van der Waals surface area contributed by atoms with Crippen LogP contribution in [0.4, 0.5) is 5.69 Å². The summed E-state index contributed by atoms with van der Waals surface area (Å²) in [4.78, 5) is 15.3. The van der Waals surface area contributed by atoms with Crippen LogP contribution in [0.2, 0.25) is 0 Å². The molecule has 0 fully saturated rings. The molecule has 0 aliphatic rings. The molecule has 0 aromatic carbocycles. The monoisotopic (exact) mass is 316 g/mol. The molecule has 1 heterocycles. The first-order valence-electron chi connectivity index (χ1n) is 6.44. The third-order valence-electron chi connectivity index (χ3n) is 2.49. The molecule has 9 heteroatoms. The molecule has 0 bridgehead atoms. The molecule has 1 aromatic rings. The molecule has 3 N–H and O–H groups in total. The van der Waals surface area contributed by atoms with Crippen LogP contribution in [0, 0.1) is 0 Å². The number of methoxy groups -OCH3 is 1. The standard InChI is InChI=1S/C12H20N4O4S/c1-3-14-10-4-5-13-8-11(10)21(18,19)16-9-12(17)15-6-7-20-2/h4-5,8,16H,3,6-7,9H2,1-2H3,(H,13,14)(H,15,17). The number of carbonyl (C=O) groups is 1. The van der Waals surface area contributed by atoms with E-state index in [2.05, 4.69) is 20.3 Å². The second kappa shape index (κ2) is 8.55. The van der Waals surface area contributed by atoms with Crippen molar-refractivity contribution in [3.8, 4) is 0 Å². The van der Waals surface area contributed by atoms with Crippen molar-refractivity contribution in [2.75, 3.05) is 38.7 Å². The van der Waals surface area contributed by atoms with E-state index >= 15 is 0 Å².